The Labute approximate surface area is 129 Å². The van der Waals surface area contributed by atoms with Gasteiger partial charge in [-0.25, -0.2) is 0 Å². The topological polar surface area (TPSA) is 59.8 Å². The molecule has 1 aromatic heterocycles. The highest BCUT2D eigenvalue weighted by Gasteiger charge is 2.44. The summed E-state index contributed by atoms with van der Waals surface area (Å²) in [4.78, 5) is 25.0. The summed E-state index contributed by atoms with van der Waals surface area (Å²) in [5.41, 5.74) is 0.0671. The maximum Gasteiger partial charge on any atom is 0.306 e. The third kappa shape index (κ3) is 4.81. The van der Waals surface area contributed by atoms with Crippen molar-refractivity contribution < 1.29 is 18.7 Å². The third-order valence-corrected chi connectivity index (χ3v) is 5.00. The molecule has 5 nitrogen and oxygen atoms in total. The Kier molecular flexibility index (Phi) is 5.33. The smallest absolute Gasteiger partial charge is 0.306 e. The van der Waals surface area contributed by atoms with E-state index < -0.39 is 0 Å². The van der Waals surface area contributed by atoms with Gasteiger partial charge in [0.2, 0.25) is 5.91 Å². The van der Waals surface area contributed by atoms with Gasteiger partial charge in [0, 0.05) is 7.05 Å². The fraction of sp³-hybridized carbons (Fsp3) is 0.600. The molecule has 1 aliphatic carbocycles. The molecule has 1 saturated carbocycles. The molecule has 1 heterocycles. The largest absolute Gasteiger partial charge is 0.469 e. The lowest BCUT2D eigenvalue weighted by Gasteiger charge is -2.17. The fourth-order valence-corrected chi connectivity index (χ4v) is 3.44. The molecule has 2 rings (SSSR count). The van der Waals surface area contributed by atoms with Gasteiger partial charge >= 0.3 is 5.97 Å². The van der Waals surface area contributed by atoms with Gasteiger partial charge in [0.25, 0.3) is 0 Å². The van der Waals surface area contributed by atoms with Crippen LogP contribution in [0.4, 0.5) is 0 Å². The molecule has 0 unspecified atom stereocenters. The van der Waals surface area contributed by atoms with Crippen molar-refractivity contribution in [1.29, 1.82) is 0 Å². The quantitative estimate of drug-likeness (QED) is 0.690. The summed E-state index contributed by atoms with van der Waals surface area (Å²) in [5, 5.41) is 0. The summed E-state index contributed by atoms with van der Waals surface area (Å²) in [6, 6.07) is 3.67. The Hall–Kier alpha value is -1.43. The van der Waals surface area contributed by atoms with Gasteiger partial charge in [-0.05, 0) is 36.1 Å². The minimum Gasteiger partial charge on any atom is -0.469 e. The Bertz CT molecular complexity index is 482. The van der Waals surface area contributed by atoms with Crippen molar-refractivity contribution in [1.82, 2.24) is 4.90 Å². The number of hydrogen-bond acceptors (Lipinski definition) is 5. The van der Waals surface area contributed by atoms with Crippen LogP contribution in [0.2, 0.25) is 0 Å². The SMILES string of the molecule is COC(=O)CC1(CSCC(=O)N(C)Cc2ccco2)CC1. The molecule has 0 aliphatic heterocycles. The molecule has 1 aromatic rings. The van der Waals surface area contributed by atoms with Gasteiger partial charge in [-0.2, -0.15) is 11.8 Å². The number of amides is 1. The number of furan rings is 1. The minimum absolute atomic E-state index is 0.0671. The first kappa shape index (κ1) is 15.9. The lowest BCUT2D eigenvalue weighted by atomic mass is 10.1. The summed E-state index contributed by atoms with van der Waals surface area (Å²) >= 11 is 1.59. The maximum absolute atomic E-state index is 12.0. The molecule has 0 aromatic carbocycles. The molecule has 0 radical (unpaired) electrons. The molecule has 116 valence electrons. The second kappa shape index (κ2) is 7.02. The average molecular weight is 311 g/mol. The van der Waals surface area contributed by atoms with Crippen molar-refractivity contribution in [2.45, 2.75) is 25.8 Å². The van der Waals surface area contributed by atoms with E-state index in [1.54, 1.807) is 30.0 Å². The third-order valence-electron chi connectivity index (χ3n) is 3.74. The van der Waals surface area contributed by atoms with Gasteiger partial charge in [-0.1, -0.05) is 0 Å². The van der Waals surface area contributed by atoms with Crippen LogP contribution >= 0.6 is 11.8 Å². The molecule has 21 heavy (non-hydrogen) atoms. The molecule has 0 atom stereocenters. The van der Waals surface area contributed by atoms with E-state index in [1.807, 2.05) is 12.1 Å². The summed E-state index contributed by atoms with van der Waals surface area (Å²) in [6.45, 7) is 0.486. The van der Waals surface area contributed by atoms with Gasteiger partial charge in [-0.15, -0.1) is 0 Å². The first-order valence-electron chi connectivity index (χ1n) is 6.96. The standard InChI is InChI=1S/C15H21NO4S/c1-16(9-12-4-3-7-20-12)13(17)10-21-11-15(5-6-15)8-14(18)19-2/h3-4,7H,5-6,8-11H2,1-2H3. The zero-order valence-corrected chi connectivity index (χ0v) is 13.3. The highest BCUT2D eigenvalue weighted by Crippen LogP contribution is 2.51. The van der Waals surface area contributed by atoms with Gasteiger partial charge in [0.15, 0.2) is 0 Å². The predicted octanol–water partition coefficient (Wildman–Crippen LogP) is 2.31. The Morgan fingerprint density at radius 2 is 2.24 bits per heavy atom. The molecule has 0 spiro atoms. The van der Waals surface area contributed by atoms with E-state index in [4.69, 9.17) is 9.15 Å². The monoisotopic (exact) mass is 311 g/mol. The lowest BCUT2D eigenvalue weighted by molar-refractivity contribution is -0.141. The molecule has 1 aliphatic rings. The van der Waals surface area contributed by atoms with E-state index in [0.29, 0.717) is 18.7 Å². The molecular formula is C15H21NO4S. The highest BCUT2D eigenvalue weighted by atomic mass is 32.2. The van der Waals surface area contributed by atoms with E-state index in [2.05, 4.69) is 0 Å². The number of carbonyl (C=O) groups is 2. The van der Waals surface area contributed by atoms with E-state index in [1.165, 1.54) is 7.11 Å². The van der Waals surface area contributed by atoms with Crippen LogP contribution in [-0.2, 0) is 20.9 Å². The van der Waals surface area contributed by atoms with Crippen LogP contribution in [0.1, 0.15) is 25.0 Å². The zero-order chi connectivity index (χ0) is 15.3. The van der Waals surface area contributed by atoms with Crippen LogP contribution < -0.4 is 0 Å². The van der Waals surface area contributed by atoms with E-state index in [-0.39, 0.29) is 17.3 Å². The maximum atomic E-state index is 12.0. The summed E-state index contributed by atoms with van der Waals surface area (Å²) in [5.74, 6) is 1.96. The Balaban J connectivity index is 1.68. The molecule has 0 bridgehead atoms. The van der Waals surface area contributed by atoms with Crippen LogP contribution in [-0.4, -0.2) is 42.4 Å². The van der Waals surface area contributed by atoms with Crippen molar-refractivity contribution in [2.75, 3.05) is 25.7 Å². The van der Waals surface area contributed by atoms with Gasteiger partial charge in [0.05, 0.1) is 32.1 Å². The number of thioether (sulfide) groups is 1. The lowest BCUT2D eigenvalue weighted by Crippen LogP contribution is -2.28. The summed E-state index contributed by atoms with van der Waals surface area (Å²) < 4.78 is 9.94. The summed E-state index contributed by atoms with van der Waals surface area (Å²) in [7, 11) is 3.19. The van der Waals surface area contributed by atoms with Crippen LogP contribution in [0, 0.1) is 5.41 Å². The highest BCUT2D eigenvalue weighted by molar-refractivity contribution is 7.99. The normalized spacial score (nSPS) is 15.5. The predicted molar refractivity (Wildman–Crippen MR) is 80.8 cm³/mol. The van der Waals surface area contributed by atoms with Crippen molar-refractivity contribution >= 4 is 23.6 Å². The van der Waals surface area contributed by atoms with E-state index >= 15 is 0 Å². The number of nitrogens with zero attached hydrogens (tertiary/aromatic N) is 1. The van der Waals surface area contributed by atoms with Crippen LogP contribution in [0.3, 0.4) is 0 Å². The van der Waals surface area contributed by atoms with Crippen LogP contribution in [0.15, 0.2) is 22.8 Å². The van der Waals surface area contributed by atoms with E-state index in [0.717, 1.165) is 24.4 Å². The molecule has 0 saturated heterocycles. The number of esters is 1. The average Bonchev–Trinajstić information content (AvgIpc) is 3.01. The first-order valence-corrected chi connectivity index (χ1v) is 8.11. The van der Waals surface area contributed by atoms with Crippen molar-refractivity contribution in [3.63, 3.8) is 0 Å². The number of ether oxygens (including phenoxy) is 1. The first-order chi connectivity index (χ1) is 10.0. The van der Waals surface area contributed by atoms with Crippen molar-refractivity contribution in [3.05, 3.63) is 24.2 Å². The minimum atomic E-state index is -0.158. The molecule has 6 heteroatoms. The van der Waals surface area contributed by atoms with Gasteiger partial charge in [0.1, 0.15) is 5.76 Å². The number of carbonyl (C=O) groups excluding carboxylic acids is 2. The van der Waals surface area contributed by atoms with Crippen molar-refractivity contribution in [2.24, 2.45) is 5.41 Å². The Morgan fingerprint density at radius 3 is 2.81 bits per heavy atom. The van der Waals surface area contributed by atoms with E-state index in [9.17, 15) is 9.59 Å². The van der Waals surface area contributed by atoms with Crippen LogP contribution in [0.25, 0.3) is 0 Å². The molecule has 0 N–H and O–H groups in total. The zero-order valence-electron chi connectivity index (χ0n) is 12.5. The number of hydrogen-bond donors (Lipinski definition) is 0. The summed E-state index contributed by atoms with van der Waals surface area (Å²) in [6.07, 6.45) is 4.16. The fourth-order valence-electron chi connectivity index (χ4n) is 2.12. The second-order valence-electron chi connectivity index (χ2n) is 5.57. The van der Waals surface area contributed by atoms with Crippen molar-refractivity contribution in [3.8, 4) is 0 Å². The molecule has 1 amide bonds. The molecule has 1 fully saturated rings. The number of rotatable bonds is 8. The second-order valence-corrected chi connectivity index (χ2v) is 6.56. The van der Waals surface area contributed by atoms with Gasteiger partial charge < -0.3 is 14.1 Å². The Morgan fingerprint density at radius 1 is 1.48 bits per heavy atom. The number of methoxy groups -OCH3 is 1. The van der Waals surface area contributed by atoms with Crippen LogP contribution in [0.5, 0.6) is 0 Å². The molecular weight excluding hydrogens is 290 g/mol. The van der Waals surface area contributed by atoms with Gasteiger partial charge in [-0.3, -0.25) is 9.59 Å².